The minimum Gasteiger partial charge on any atom is -0.484 e. The second-order valence-electron chi connectivity index (χ2n) is 4.08. The molecule has 0 unspecified atom stereocenters. The third kappa shape index (κ3) is 2.81. The number of nitrogens with zero attached hydrogens (tertiary/aromatic N) is 1. The summed E-state index contributed by atoms with van der Waals surface area (Å²) >= 11 is 2.24. The fourth-order valence-corrected chi connectivity index (χ4v) is 2.27. The van der Waals surface area contributed by atoms with Crippen molar-refractivity contribution in [2.24, 2.45) is 0 Å². The molecule has 1 heterocycles. The van der Waals surface area contributed by atoms with Gasteiger partial charge in [-0.05, 0) is 52.9 Å². The van der Waals surface area contributed by atoms with E-state index in [2.05, 4.69) is 27.6 Å². The lowest BCUT2D eigenvalue weighted by Crippen LogP contribution is -1.95. The quantitative estimate of drug-likeness (QED) is 0.569. The molecule has 4 nitrogen and oxygen atoms in total. The molecular weight excluding hydrogens is 355 g/mol. The van der Waals surface area contributed by atoms with Gasteiger partial charge in [0.25, 0.3) is 0 Å². The van der Waals surface area contributed by atoms with Crippen LogP contribution in [0.2, 0.25) is 0 Å². The number of ether oxygens (including phenoxy) is 1. The van der Waals surface area contributed by atoms with E-state index in [-0.39, 0.29) is 0 Å². The summed E-state index contributed by atoms with van der Waals surface area (Å²) < 4.78 is 12.3. The Balaban J connectivity index is 1.78. The van der Waals surface area contributed by atoms with Crippen LogP contribution in [0.5, 0.6) is 5.75 Å². The zero-order valence-corrected chi connectivity index (χ0v) is 12.1. The first-order valence-corrected chi connectivity index (χ1v) is 6.82. The van der Waals surface area contributed by atoms with Crippen molar-refractivity contribution in [2.75, 3.05) is 5.73 Å². The minimum atomic E-state index is 0.300. The second kappa shape index (κ2) is 5.08. The number of fused-ring (bicyclic) bond motifs is 1. The average Bonchev–Trinajstić information content (AvgIpc) is 2.78. The Bertz CT molecular complexity index is 724. The molecule has 0 aliphatic carbocycles. The van der Waals surface area contributed by atoms with Gasteiger partial charge in [0.15, 0.2) is 12.2 Å². The predicted molar refractivity (Wildman–Crippen MR) is 81.9 cm³/mol. The van der Waals surface area contributed by atoms with Crippen molar-refractivity contribution in [3.05, 3.63) is 51.9 Å². The van der Waals surface area contributed by atoms with E-state index in [9.17, 15) is 0 Å². The van der Waals surface area contributed by atoms with Crippen molar-refractivity contribution in [3.8, 4) is 5.75 Å². The van der Waals surface area contributed by atoms with Crippen LogP contribution in [0, 0.1) is 3.57 Å². The number of halogens is 1. The van der Waals surface area contributed by atoms with Gasteiger partial charge in [-0.3, -0.25) is 0 Å². The van der Waals surface area contributed by atoms with E-state index in [1.54, 1.807) is 12.1 Å². The van der Waals surface area contributed by atoms with E-state index in [4.69, 9.17) is 14.9 Å². The number of nitrogens with two attached hydrogens (primary N) is 1. The van der Waals surface area contributed by atoms with Gasteiger partial charge in [0.1, 0.15) is 11.3 Å². The molecule has 0 bridgehead atoms. The van der Waals surface area contributed by atoms with Crippen molar-refractivity contribution in [2.45, 2.75) is 6.61 Å². The Morgan fingerprint density at radius 1 is 1.21 bits per heavy atom. The zero-order chi connectivity index (χ0) is 13.2. The lowest BCUT2D eigenvalue weighted by atomic mass is 10.3. The van der Waals surface area contributed by atoms with Gasteiger partial charge in [0.2, 0.25) is 5.89 Å². The van der Waals surface area contributed by atoms with Gasteiger partial charge in [0, 0.05) is 15.3 Å². The summed E-state index contributed by atoms with van der Waals surface area (Å²) in [5.41, 5.74) is 7.82. The Labute approximate surface area is 123 Å². The number of oxazole rings is 1. The van der Waals surface area contributed by atoms with E-state index < -0.39 is 0 Å². The van der Waals surface area contributed by atoms with Crippen molar-refractivity contribution in [3.63, 3.8) is 0 Å². The van der Waals surface area contributed by atoms with Gasteiger partial charge < -0.3 is 14.9 Å². The maximum atomic E-state index is 5.69. The summed E-state index contributed by atoms with van der Waals surface area (Å²) in [5, 5.41) is 0. The molecule has 1 aromatic heterocycles. The number of benzene rings is 2. The zero-order valence-electron chi connectivity index (χ0n) is 9.97. The smallest absolute Gasteiger partial charge is 0.233 e. The monoisotopic (exact) mass is 366 g/mol. The molecule has 0 aliphatic heterocycles. The van der Waals surface area contributed by atoms with Crippen LogP contribution in [0.3, 0.4) is 0 Å². The Kier molecular flexibility index (Phi) is 3.29. The molecule has 3 aromatic rings. The molecule has 3 rings (SSSR count). The molecule has 0 spiro atoms. The number of hydrogen-bond acceptors (Lipinski definition) is 4. The average molecular weight is 366 g/mol. The topological polar surface area (TPSA) is 61.3 Å². The van der Waals surface area contributed by atoms with Gasteiger partial charge in [-0.15, -0.1) is 0 Å². The predicted octanol–water partition coefficient (Wildman–Crippen LogP) is 3.59. The van der Waals surface area contributed by atoms with Crippen LogP contribution in [0.4, 0.5) is 5.69 Å². The highest BCUT2D eigenvalue weighted by atomic mass is 127. The van der Waals surface area contributed by atoms with Crippen molar-refractivity contribution < 1.29 is 9.15 Å². The molecule has 19 heavy (non-hydrogen) atoms. The first-order valence-electron chi connectivity index (χ1n) is 5.74. The highest BCUT2D eigenvalue weighted by Crippen LogP contribution is 2.20. The van der Waals surface area contributed by atoms with E-state index >= 15 is 0 Å². The largest absolute Gasteiger partial charge is 0.484 e. The number of aromatic nitrogens is 1. The van der Waals surface area contributed by atoms with Crippen LogP contribution >= 0.6 is 22.6 Å². The van der Waals surface area contributed by atoms with Gasteiger partial charge in [-0.2, -0.15) is 0 Å². The van der Waals surface area contributed by atoms with Crippen molar-refractivity contribution in [1.29, 1.82) is 0 Å². The van der Waals surface area contributed by atoms with Crippen LogP contribution in [-0.2, 0) is 6.61 Å². The lowest BCUT2D eigenvalue weighted by Gasteiger charge is -2.03. The van der Waals surface area contributed by atoms with Gasteiger partial charge in [0.05, 0.1) is 0 Å². The Morgan fingerprint density at radius 3 is 2.95 bits per heavy atom. The first kappa shape index (κ1) is 12.3. The van der Waals surface area contributed by atoms with Crippen molar-refractivity contribution >= 4 is 39.4 Å². The minimum absolute atomic E-state index is 0.300. The van der Waals surface area contributed by atoms with Crippen LogP contribution in [0.25, 0.3) is 11.1 Å². The molecule has 0 radical (unpaired) electrons. The standard InChI is InChI=1S/C14H11IN2O2/c15-9-2-1-3-11(6-9)18-8-14-17-12-5-4-10(16)7-13(12)19-14/h1-7H,8,16H2. The number of nitrogen functional groups attached to an aromatic ring is 1. The van der Waals surface area contributed by atoms with Crippen LogP contribution in [0.15, 0.2) is 46.9 Å². The van der Waals surface area contributed by atoms with Gasteiger partial charge in [-0.25, -0.2) is 4.98 Å². The second-order valence-corrected chi connectivity index (χ2v) is 5.33. The van der Waals surface area contributed by atoms with Crippen LogP contribution in [0.1, 0.15) is 5.89 Å². The van der Waals surface area contributed by atoms with Crippen molar-refractivity contribution in [1.82, 2.24) is 4.98 Å². The maximum absolute atomic E-state index is 5.69. The van der Waals surface area contributed by atoms with E-state index in [0.717, 1.165) is 14.8 Å². The molecule has 0 fully saturated rings. The van der Waals surface area contributed by atoms with Crippen LogP contribution in [-0.4, -0.2) is 4.98 Å². The number of anilines is 1. The van der Waals surface area contributed by atoms with E-state index in [0.29, 0.717) is 23.8 Å². The molecule has 2 N–H and O–H groups in total. The highest BCUT2D eigenvalue weighted by Gasteiger charge is 2.06. The summed E-state index contributed by atoms with van der Waals surface area (Å²) in [6.07, 6.45) is 0. The first-order chi connectivity index (χ1) is 9.20. The summed E-state index contributed by atoms with van der Waals surface area (Å²) in [6, 6.07) is 13.2. The normalized spacial score (nSPS) is 10.8. The Hall–Kier alpha value is -1.76. The molecular formula is C14H11IN2O2. The van der Waals surface area contributed by atoms with E-state index in [1.165, 1.54) is 0 Å². The summed E-state index contributed by atoms with van der Waals surface area (Å²) in [5.74, 6) is 1.34. The summed E-state index contributed by atoms with van der Waals surface area (Å²) in [4.78, 5) is 4.34. The van der Waals surface area contributed by atoms with Gasteiger partial charge in [-0.1, -0.05) is 6.07 Å². The summed E-state index contributed by atoms with van der Waals surface area (Å²) in [7, 11) is 0. The number of rotatable bonds is 3. The van der Waals surface area contributed by atoms with Gasteiger partial charge >= 0.3 is 0 Å². The van der Waals surface area contributed by atoms with Crippen LogP contribution < -0.4 is 10.5 Å². The molecule has 2 aromatic carbocycles. The lowest BCUT2D eigenvalue weighted by molar-refractivity contribution is 0.267. The number of hydrogen-bond donors (Lipinski definition) is 1. The molecule has 5 heteroatoms. The molecule has 0 atom stereocenters. The molecule has 0 amide bonds. The third-order valence-corrected chi connectivity index (χ3v) is 3.29. The maximum Gasteiger partial charge on any atom is 0.233 e. The molecule has 0 saturated heterocycles. The summed E-state index contributed by atoms with van der Waals surface area (Å²) in [6.45, 7) is 0.300. The fraction of sp³-hybridized carbons (Fsp3) is 0.0714. The third-order valence-electron chi connectivity index (χ3n) is 2.62. The van der Waals surface area contributed by atoms with E-state index in [1.807, 2.05) is 30.3 Å². The molecule has 96 valence electrons. The molecule has 0 saturated carbocycles. The SMILES string of the molecule is Nc1ccc2nc(COc3cccc(I)c3)oc2c1. The molecule has 0 aliphatic rings. The highest BCUT2D eigenvalue weighted by molar-refractivity contribution is 14.1. The fourth-order valence-electron chi connectivity index (χ4n) is 1.75. The Morgan fingerprint density at radius 2 is 2.11 bits per heavy atom.